The van der Waals surface area contributed by atoms with E-state index in [1.54, 1.807) is 49.6 Å². The lowest BCUT2D eigenvalue weighted by molar-refractivity contribution is -0.143. The average molecular weight is 613 g/mol. The van der Waals surface area contributed by atoms with Crippen LogP contribution < -0.4 is 14.8 Å². The number of hydrogen-bond acceptors (Lipinski definition) is 8. The van der Waals surface area contributed by atoms with Gasteiger partial charge in [0.05, 0.1) is 26.3 Å². The summed E-state index contributed by atoms with van der Waals surface area (Å²) in [6, 6.07) is 19.6. The quantitative estimate of drug-likeness (QED) is 0.159. The fraction of sp³-hybridized carbons (Fsp3) is 0.212. The van der Waals surface area contributed by atoms with Gasteiger partial charge in [0, 0.05) is 36.1 Å². The number of hydrogen-bond donors (Lipinski definition) is 2. The van der Waals surface area contributed by atoms with Crippen LogP contribution >= 0.6 is 22.9 Å². The fourth-order valence-corrected chi connectivity index (χ4v) is 5.37. The number of nitrogens with zero attached hydrogens (tertiary/aromatic N) is 3. The van der Waals surface area contributed by atoms with Gasteiger partial charge < -0.3 is 14.6 Å². The molecule has 2 N–H and O–H groups in total. The molecule has 10 heteroatoms. The van der Waals surface area contributed by atoms with E-state index in [0.29, 0.717) is 33.2 Å². The maximum atomic E-state index is 11.7. The summed E-state index contributed by atoms with van der Waals surface area (Å²) in [7, 11) is 0. The Morgan fingerprint density at radius 3 is 2.67 bits per heavy atom. The van der Waals surface area contributed by atoms with E-state index in [4.69, 9.17) is 21.1 Å². The molecule has 0 fully saturated rings. The molecule has 0 amide bonds. The number of carboxylic acid groups (broad SMARTS) is 1. The summed E-state index contributed by atoms with van der Waals surface area (Å²) >= 11 is 8.29. The molecule has 8 nitrogen and oxygen atoms in total. The Balaban J connectivity index is 1.39. The second-order valence-electron chi connectivity index (χ2n) is 10.6. The van der Waals surface area contributed by atoms with Gasteiger partial charge in [0.1, 0.15) is 36.3 Å². The molecule has 5 aromatic rings. The van der Waals surface area contributed by atoms with Crippen molar-refractivity contribution in [2.45, 2.75) is 46.1 Å². The molecule has 0 atom stereocenters. The molecule has 2 heterocycles. The van der Waals surface area contributed by atoms with Gasteiger partial charge in [-0.3, -0.25) is 15.1 Å². The molecule has 218 valence electrons. The van der Waals surface area contributed by atoms with E-state index >= 15 is 0 Å². The molecule has 43 heavy (non-hydrogen) atoms. The van der Waals surface area contributed by atoms with Crippen LogP contribution in [0.1, 0.15) is 41.7 Å². The minimum Gasteiger partial charge on any atom is -0.488 e. The van der Waals surface area contributed by atoms with E-state index in [1.807, 2.05) is 17.6 Å². The highest BCUT2D eigenvalue weighted by atomic mass is 35.5. The van der Waals surface area contributed by atoms with Gasteiger partial charge in [-0.15, -0.1) is 11.3 Å². The zero-order valence-electron chi connectivity index (χ0n) is 23.8. The number of ether oxygens (including phenoxy) is 2. The zero-order valence-corrected chi connectivity index (χ0v) is 25.4. The minimum absolute atomic E-state index is 0.142. The Morgan fingerprint density at radius 1 is 1.07 bits per heavy atom. The van der Waals surface area contributed by atoms with E-state index in [0.717, 1.165) is 32.5 Å². The molecule has 5 rings (SSSR count). The Hall–Kier alpha value is -4.49. The van der Waals surface area contributed by atoms with E-state index in [9.17, 15) is 15.2 Å². The fourth-order valence-electron chi connectivity index (χ4n) is 4.47. The number of nitriles is 1. The molecule has 2 aromatic heterocycles. The summed E-state index contributed by atoms with van der Waals surface area (Å²) in [5.41, 5.74) is 7.72. The number of aliphatic carboxylic acids is 1. The number of pyridine rings is 1. The molecular weight excluding hydrogens is 584 g/mol. The Labute approximate surface area is 258 Å². The monoisotopic (exact) mass is 612 g/mol. The highest BCUT2D eigenvalue weighted by Gasteiger charge is 2.27. The van der Waals surface area contributed by atoms with Crippen LogP contribution in [-0.2, 0) is 24.6 Å². The molecule has 0 saturated heterocycles. The van der Waals surface area contributed by atoms with E-state index in [1.165, 1.54) is 6.20 Å². The first-order chi connectivity index (χ1) is 20.6. The maximum absolute atomic E-state index is 11.7. The first-order valence-electron chi connectivity index (χ1n) is 13.5. The molecule has 0 spiro atoms. The SMILES string of the molecule is Cc1c(COc2cc(OCc3cncc(C#N)c3)c(CNC(C)(C)C(=O)O)cc2Cl)cccc1-c1ccc2scnc2c1. The van der Waals surface area contributed by atoms with Crippen molar-refractivity contribution in [3.05, 3.63) is 105 Å². The van der Waals surface area contributed by atoms with Crippen LogP contribution in [0.15, 0.2) is 72.5 Å². The molecule has 3 aromatic carbocycles. The highest BCUT2D eigenvalue weighted by molar-refractivity contribution is 7.16. The van der Waals surface area contributed by atoms with Crippen molar-refractivity contribution in [1.82, 2.24) is 15.3 Å². The smallest absolute Gasteiger partial charge is 0.323 e. The minimum atomic E-state index is -1.17. The zero-order chi connectivity index (χ0) is 30.6. The Morgan fingerprint density at radius 2 is 1.88 bits per heavy atom. The van der Waals surface area contributed by atoms with Gasteiger partial charge in [0.25, 0.3) is 0 Å². The van der Waals surface area contributed by atoms with Crippen LogP contribution in [0.25, 0.3) is 21.3 Å². The number of fused-ring (bicyclic) bond motifs is 1. The number of aromatic nitrogens is 2. The molecule has 0 aliphatic rings. The summed E-state index contributed by atoms with van der Waals surface area (Å²) in [6.45, 7) is 5.84. The first-order valence-corrected chi connectivity index (χ1v) is 14.7. The molecule has 0 saturated carbocycles. The lowest BCUT2D eigenvalue weighted by Crippen LogP contribution is -2.46. The third kappa shape index (κ3) is 6.95. The third-order valence-corrected chi connectivity index (χ3v) is 8.26. The predicted octanol–water partition coefficient (Wildman–Crippen LogP) is 7.30. The van der Waals surface area contributed by atoms with Crippen LogP contribution in [-0.4, -0.2) is 26.6 Å². The summed E-state index contributed by atoms with van der Waals surface area (Å²) in [5.74, 6) is -0.0856. The topological polar surface area (TPSA) is 117 Å². The normalized spacial score (nSPS) is 11.3. The number of halogens is 1. The lowest BCUT2D eigenvalue weighted by atomic mass is 9.96. The summed E-state index contributed by atoms with van der Waals surface area (Å²) < 4.78 is 13.5. The molecule has 0 unspecified atom stereocenters. The van der Waals surface area contributed by atoms with Gasteiger partial charge in [-0.05, 0) is 67.3 Å². The number of carbonyl (C=O) groups is 1. The first kappa shape index (κ1) is 30.0. The summed E-state index contributed by atoms with van der Waals surface area (Å²) in [4.78, 5) is 20.2. The van der Waals surface area contributed by atoms with Crippen molar-refractivity contribution in [2.75, 3.05) is 0 Å². The number of carboxylic acids is 1. The standard InChI is InChI=1S/C33H29ClN4O4S/c1-20-24(5-4-6-26(20)23-7-8-31-28(11-23)37-19-43-31)18-42-30-12-29(41-17-22-9-21(13-35)14-36-15-22)25(10-27(30)34)16-38-33(2,3)32(39)40/h4-12,14-15,19,38H,16-18H2,1-3H3,(H,39,40). The second-order valence-corrected chi connectivity index (χ2v) is 11.9. The van der Waals surface area contributed by atoms with E-state index in [-0.39, 0.29) is 19.8 Å². The number of nitrogens with one attached hydrogen (secondary N) is 1. The van der Waals surface area contributed by atoms with Crippen LogP contribution in [0.5, 0.6) is 11.5 Å². The van der Waals surface area contributed by atoms with Crippen molar-refractivity contribution in [3.63, 3.8) is 0 Å². The van der Waals surface area contributed by atoms with Gasteiger partial charge in [0.15, 0.2) is 0 Å². The maximum Gasteiger partial charge on any atom is 0.323 e. The van der Waals surface area contributed by atoms with Crippen molar-refractivity contribution in [3.8, 4) is 28.7 Å². The van der Waals surface area contributed by atoms with Gasteiger partial charge in [-0.1, -0.05) is 35.9 Å². The lowest BCUT2D eigenvalue weighted by Gasteiger charge is -2.23. The molecule has 0 radical (unpaired) electrons. The highest BCUT2D eigenvalue weighted by Crippen LogP contribution is 2.35. The van der Waals surface area contributed by atoms with Crippen molar-refractivity contribution in [2.24, 2.45) is 0 Å². The van der Waals surface area contributed by atoms with E-state index < -0.39 is 11.5 Å². The van der Waals surface area contributed by atoms with Gasteiger partial charge in [-0.25, -0.2) is 4.98 Å². The van der Waals surface area contributed by atoms with Crippen LogP contribution in [0.2, 0.25) is 5.02 Å². The van der Waals surface area contributed by atoms with E-state index in [2.05, 4.69) is 52.5 Å². The van der Waals surface area contributed by atoms with Crippen molar-refractivity contribution < 1.29 is 19.4 Å². The van der Waals surface area contributed by atoms with Gasteiger partial charge in [0.2, 0.25) is 0 Å². The largest absolute Gasteiger partial charge is 0.488 e. The number of thiazole rings is 1. The molecule has 0 aliphatic heterocycles. The summed E-state index contributed by atoms with van der Waals surface area (Å²) in [6.07, 6.45) is 3.11. The Kier molecular flexibility index (Phi) is 8.92. The molecule has 0 aliphatic carbocycles. The number of benzene rings is 3. The number of rotatable bonds is 11. The van der Waals surface area contributed by atoms with Gasteiger partial charge in [-0.2, -0.15) is 5.26 Å². The molecular formula is C33H29ClN4O4S. The molecule has 0 bridgehead atoms. The van der Waals surface area contributed by atoms with Crippen LogP contribution in [0, 0.1) is 18.3 Å². The van der Waals surface area contributed by atoms with Crippen LogP contribution in [0.4, 0.5) is 0 Å². The predicted molar refractivity (Wildman–Crippen MR) is 167 cm³/mol. The second kappa shape index (κ2) is 12.8. The summed E-state index contributed by atoms with van der Waals surface area (Å²) in [5, 5.41) is 22.2. The Bertz CT molecular complexity index is 1850. The van der Waals surface area contributed by atoms with Crippen molar-refractivity contribution >= 4 is 39.1 Å². The van der Waals surface area contributed by atoms with Crippen molar-refractivity contribution in [1.29, 1.82) is 5.26 Å². The van der Waals surface area contributed by atoms with Crippen LogP contribution in [0.3, 0.4) is 0 Å². The third-order valence-electron chi connectivity index (χ3n) is 7.16. The van der Waals surface area contributed by atoms with Gasteiger partial charge >= 0.3 is 5.97 Å². The average Bonchev–Trinajstić information content (AvgIpc) is 3.47.